The van der Waals surface area contributed by atoms with Crippen LogP contribution in [0.5, 0.6) is 0 Å². The summed E-state index contributed by atoms with van der Waals surface area (Å²) < 4.78 is 9.42. The third-order valence-electron chi connectivity index (χ3n) is 4.09. The van der Waals surface area contributed by atoms with Crippen LogP contribution in [0.4, 0.5) is 5.69 Å². The van der Waals surface area contributed by atoms with Crippen molar-refractivity contribution in [1.82, 2.24) is 5.32 Å². The topological polar surface area (TPSA) is 125 Å². The molecule has 0 saturated heterocycles. The Bertz CT molecular complexity index is 912. The summed E-state index contributed by atoms with van der Waals surface area (Å²) in [5.74, 6) is -2.25. The molecule has 2 aromatic carbocycles. The van der Waals surface area contributed by atoms with E-state index in [0.717, 1.165) is 30.9 Å². The molecule has 0 fully saturated rings. The first-order valence-corrected chi connectivity index (χ1v) is 8.68. The molecule has 0 spiro atoms. The molecule has 0 bridgehead atoms. The summed E-state index contributed by atoms with van der Waals surface area (Å²) in [6, 6.07) is 12.6. The molecule has 0 aliphatic heterocycles. The highest BCUT2D eigenvalue weighted by Crippen LogP contribution is 2.19. The number of nitrogens with zero attached hydrogens (tertiary/aromatic N) is 1. The normalized spacial score (nSPS) is 11.2. The van der Waals surface area contributed by atoms with Crippen molar-refractivity contribution in [2.24, 2.45) is 0 Å². The lowest BCUT2D eigenvalue weighted by molar-refractivity contribution is -0.384. The molecule has 9 heteroatoms. The van der Waals surface area contributed by atoms with Gasteiger partial charge < -0.3 is 14.8 Å². The Morgan fingerprint density at radius 2 is 1.69 bits per heavy atom. The van der Waals surface area contributed by atoms with Crippen LogP contribution in [0.3, 0.4) is 0 Å². The van der Waals surface area contributed by atoms with Crippen LogP contribution in [-0.2, 0) is 14.3 Å². The number of benzene rings is 2. The number of methoxy groups -OCH3 is 1. The van der Waals surface area contributed by atoms with Gasteiger partial charge >= 0.3 is 11.9 Å². The number of rotatable bonds is 8. The van der Waals surface area contributed by atoms with E-state index >= 15 is 0 Å². The van der Waals surface area contributed by atoms with Crippen LogP contribution in [0.2, 0.25) is 0 Å². The molecule has 0 aromatic heterocycles. The fraction of sp³-hybridized carbons (Fsp3) is 0.250. The van der Waals surface area contributed by atoms with E-state index in [1.807, 2.05) is 37.3 Å². The van der Waals surface area contributed by atoms with Crippen molar-refractivity contribution in [3.63, 3.8) is 0 Å². The molecular weight excluding hydrogens is 380 g/mol. The number of hydrogen-bond donors (Lipinski definition) is 1. The molecule has 1 N–H and O–H groups in total. The zero-order valence-electron chi connectivity index (χ0n) is 15.9. The van der Waals surface area contributed by atoms with Crippen molar-refractivity contribution in [2.75, 3.05) is 20.3 Å². The van der Waals surface area contributed by atoms with Crippen molar-refractivity contribution in [1.29, 1.82) is 0 Å². The predicted octanol–water partition coefficient (Wildman–Crippen LogP) is 2.46. The van der Waals surface area contributed by atoms with Gasteiger partial charge in [0.15, 0.2) is 6.61 Å². The number of non-ortho nitro benzene ring substituents is 1. The molecule has 1 atom stereocenters. The van der Waals surface area contributed by atoms with E-state index in [2.05, 4.69) is 10.1 Å². The summed E-state index contributed by atoms with van der Waals surface area (Å²) >= 11 is 0. The Balaban J connectivity index is 1.96. The number of carbonyl (C=O) groups is 3. The number of ether oxygens (including phenoxy) is 2. The molecule has 0 unspecified atom stereocenters. The van der Waals surface area contributed by atoms with Crippen molar-refractivity contribution in [3.05, 3.63) is 75.3 Å². The third kappa shape index (κ3) is 6.13. The maximum Gasteiger partial charge on any atom is 0.338 e. The summed E-state index contributed by atoms with van der Waals surface area (Å²) in [5, 5.41) is 13.7. The van der Waals surface area contributed by atoms with Crippen molar-refractivity contribution >= 4 is 23.5 Å². The lowest BCUT2D eigenvalue weighted by Crippen LogP contribution is -2.31. The average Bonchev–Trinajstić information content (AvgIpc) is 2.75. The fourth-order valence-electron chi connectivity index (χ4n) is 2.50. The first-order valence-electron chi connectivity index (χ1n) is 8.68. The second-order valence-corrected chi connectivity index (χ2v) is 6.21. The molecule has 29 heavy (non-hydrogen) atoms. The zero-order valence-corrected chi connectivity index (χ0v) is 15.9. The number of amides is 1. The van der Waals surface area contributed by atoms with Gasteiger partial charge in [0.1, 0.15) is 0 Å². The first-order chi connectivity index (χ1) is 13.8. The van der Waals surface area contributed by atoms with Gasteiger partial charge in [-0.3, -0.25) is 14.9 Å². The first kappa shape index (κ1) is 21.5. The van der Waals surface area contributed by atoms with E-state index in [-0.39, 0.29) is 17.0 Å². The van der Waals surface area contributed by atoms with Gasteiger partial charge in [0.2, 0.25) is 0 Å². The Labute approximate surface area is 166 Å². The van der Waals surface area contributed by atoms with E-state index in [1.54, 1.807) is 0 Å². The number of nitrogens with one attached hydrogen (secondary N) is 1. The van der Waals surface area contributed by atoms with Gasteiger partial charge in [-0.15, -0.1) is 0 Å². The standard InChI is InChI=1S/C20H20N2O7/c1-13(14-6-4-3-5-7-14)11-21-18(23)12-29-20(25)16-8-15(19(24)28-2)9-17(10-16)22(26)27/h3-10,13H,11-12H2,1-2H3,(H,21,23)/t13-/m0/s1. The largest absolute Gasteiger partial charge is 0.465 e. The SMILES string of the molecule is COC(=O)c1cc(C(=O)OCC(=O)NC[C@H](C)c2ccccc2)cc([N+](=O)[O-])c1. The van der Waals surface area contributed by atoms with Crippen LogP contribution in [-0.4, -0.2) is 43.0 Å². The molecule has 2 aromatic rings. The van der Waals surface area contributed by atoms with Crippen molar-refractivity contribution in [3.8, 4) is 0 Å². The maximum atomic E-state index is 12.2. The van der Waals surface area contributed by atoms with E-state index < -0.39 is 35.1 Å². The molecule has 9 nitrogen and oxygen atoms in total. The summed E-state index contributed by atoms with van der Waals surface area (Å²) in [4.78, 5) is 46.0. The number of nitro benzene ring substituents is 1. The average molecular weight is 400 g/mol. The highest BCUT2D eigenvalue weighted by atomic mass is 16.6. The molecule has 0 radical (unpaired) electrons. The van der Waals surface area contributed by atoms with Crippen molar-refractivity contribution in [2.45, 2.75) is 12.8 Å². The second kappa shape index (κ2) is 9.98. The zero-order chi connectivity index (χ0) is 21.4. The minimum absolute atomic E-state index is 0.0650. The highest BCUT2D eigenvalue weighted by Gasteiger charge is 2.20. The Hall–Kier alpha value is -3.75. The van der Waals surface area contributed by atoms with Crippen LogP contribution in [0, 0.1) is 10.1 Å². The van der Waals surface area contributed by atoms with Gasteiger partial charge in [-0.25, -0.2) is 9.59 Å². The number of esters is 2. The summed E-state index contributed by atoms with van der Waals surface area (Å²) in [7, 11) is 1.11. The van der Waals surface area contributed by atoms with Gasteiger partial charge in [-0.1, -0.05) is 37.3 Å². The third-order valence-corrected chi connectivity index (χ3v) is 4.09. The second-order valence-electron chi connectivity index (χ2n) is 6.21. The van der Waals surface area contributed by atoms with Crippen LogP contribution in [0.25, 0.3) is 0 Å². The van der Waals surface area contributed by atoms with Crippen molar-refractivity contribution < 1.29 is 28.8 Å². The smallest absolute Gasteiger partial charge is 0.338 e. The van der Waals surface area contributed by atoms with Gasteiger partial charge in [-0.2, -0.15) is 0 Å². The van der Waals surface area contributed by atoms with Crippen LogP contribution in [0.15, 0.2) is 48.5 Å². The molecular formula is C20H20N2O7. The van der Waals surface area contributed by atoms with Crippen LogP contribution >= 0.6 is 0 Å². The molecule has 2 rings (SSSR count). The molecule has 0 heterocycles. The monoisotopic (exact) mass is 400 g/mol. The lowest BCUT2D eigenvalue weighted by Gasteiger charge is -2.13. The predicted molar refractivity (Wildman–Crippen MR) is 103 cm³/mol. The maximum absolute atomic E-state index is 12.2. The van der Waals surface area contributed by atoms with Crippen LogP contribution in [0.1, 0.15) is 39.1 Å². The van der Waals surface area contributed by atoms with E-state index in [4.69, 9.17) is 4.74 Å². The minimum atomic E-state index is -0.967. The Morgan fingerprint density at radius 1 is 1.07 bits per heavy atom. The summed E-state index contributed by atoms with van der Waals surface area (Å²) in [6.07, 6.45) is 0. The molecule has 0 aliphatic rings. The quantitative estimate of drug-likeness (QED) is 0.410. The molecule has 0 saturated carbocycles. The van der Waals surface area contributed by atoms with Crippen LogP contribution < -0.4 is 5.32 Å². The van der Waals surface area contributed by atoms with Gasteiger partial charge in [0.25, 0.3) is 11.6 Å². The number of nitro groups is 1. The Kier molecular flexibility index (Phi) is 7.41. The van der Waals surface area contributed by atoms with E-state index in [1.165, 1.54) is 0 Å². The van der Waals surface area contributed by atoms with E-state index in [9.17, 15) is 24.5 Å². The minimum Gasteiger partial charge on any atom is -0.465 e. The molecule has 152 valence electrons. The number of hydrogen-bond acceptors (Lipinski definition) is 7. The molecule has 1 amide bonds. The Morgan fingerprint density at radius 3 is 2.28 bits per heavy atom. The summed E-state index contributed by atoms with van der Waals surface area (Å²) in [6.45, 7) is 1.74. The number of carbonyl (C=O) groups excluding carboxylic acids is 3. The lowest BCUT2D eigenvalue weighted by atomic mass is 10.0. The van der Waals surface area contributed by atoms with Gasteiger partial charge in [0.05, 0.1) is 23.2 Å². The van der Waals surface area contributed by atoms with E-state index in [0.29, 0.717) is 6.54 Å². The van der Waals surface area contributed by atoms with Gasteiger partial charge in [0, 0.05) is 18.7 Å². The molecule has 0 aliphatic carbocycles. The van der Waals surface area contributed by atoms with Gasteiger partial charge in [-0.05, 0) is 17.5 Å². The highest BCUT2D eigenvalue weighted by molar-refractivity contribution is 5.97. The summed E-state index contributed by atoms with van der Waals surface area (Å²) in [5.41, 5.74) is 0.178. The fourth-order valence-corrected chi connectivity index (χ4v) is 2.50.